The van der Waals surface area contributed by atoms with Crippen LogP contribution in [-0.2, 0) is 6.54 Å². The van der Waals surface area contributed by atoms with Gasteiger partial charge in [-0.25, -0.2) is 0 Å². The zero-order valence-corrected chi connectivity index (χ0v) is 11.5. The van der Waals surface area contributed by atoms with Crippen LogP contribution in [0.5, 0.6) is 0 Å². The molecule has 104 valence electrons. The average molecular weight is 276 g/mol. The predicted molar refractivity (Wildman–Crippen MR) is 86.2 cm³/mol. The molecule has 0 aliphatic heterocycles. The number of fused-ring (bicyclic) bond motifs is 1. The number of carbonyl (C=O) groups excluding carboxylic acids is 1. The molecule has 0 heterocycles. The third-order valence-electron chi connectivity index (χ3n) is 3.46. The summed E-state index contributed by atoms with van der Waals surface area (Å²) in [5.74, 6) is -0.400. The molecular weight excluding hydrogens is 260 g/mol. The van der Waals surface area contributed by atoms with Crippen molar-refractivity contribution >= 4 is 22.4 Å². The predicted octanol–water partition coefficient (Wildman–Crippen LogP) is 3.55. The SMILES string of the molecule is NC(=O)c1cccc(CNc2ccc3ccccc3c2)c1. The zero-order chi connectivity index (χ0) is 14.7. The Bertz CT molecular complexity index is 796. The molecule has 3 nitrogen and oxygen atoms in total. The summed E-state index contributed by atoms with van der Waals surface area (Å²) in [6.45, 7) is 0.652. The summed E-state index contributed by atoms with van der Waals surface area (Å²) in [7, 11) is 0. The van der Waals surface area contributed by atoms with Crippen molar-refractivity contribution in [3.63, 3.8) is 0 Å². The van der Waals surface area contributed by atoms with Crippen LogP contribution in [-0.4, -0.2) is 5.91 Å². The van der Waals surface area contributed by atoms with E-state index in [0.717, 1.165) is 11.3 Å². The van der Waals surface area contributed by atoms with Gasteiger partial charge in [0.1, 0.15) is 0 Å². The van der Waals surface area contributed by atoms with E-state index in [1.807, 2.05) is 30.3 Å². The van der Waals surface area contributed by atoms with E-state index in [1.54, 1.807) is 6.07 Å². The molecule has 21 heavy (non-hydrogen) atoms. The van der Waals surface area contributed by atoms with Crippen molar-refractivity contribution in [3.05, 3.63) is 77.9 Å². The first kappa shape index (κ1) is 13.2. The van der Waals surface area contributed by atoms with E-state index in [9.17, 15) is 4.79 Å². The summed E-state index contributed by atoms with van der Waals surface area (Å²) in [6.07, 6.45) is 0. The maximum atomic E-state index is 11.2. The molecule has 3 aromatic rings. The lowest BCUT2D eigenvalue weighted by molar-refractivity contribution is 0.1000. The molecule has 3 rings (SSSR count). The van der Waals surface area contributed by atoms with Crippen molar-refractivity contribution < 1.29 is 4.79 Å². The molecular formula is C18H16N2O. The number of anilines is 1. The second kappa shape index (κ2) is 5.67. The quantitative estimate of drug-likeness (QED) is 0.765. The fourth-order valence-corrected chi connectivity index (χ4v) is 2.34. The van der Waals surface area contributed by atoms with Crippen LogP contribution in [0.15, 0.2) is 66.7 Å². The van der Waals surface area contributed by atoms with Gasteiger partial charge in [-0.1, -0.05) is 42.5 Å². The number of nitrogens with two attached hydrogens (primary N) is 1. The molecule has 0 atom stereocenters. The van der Waals surface area contributed by atoms with Gasteiger partial charge in [-0.3, -0.25) is 4.79 Å². The van der Waals surface area contributed by atoms with E-state index in [1.165, 1.54) is 10.8 Å². The average Bonchev–Trinajstić information content (AvgIpc) is 2.53. The van der Waals surface area contributed by atoms with Gasteiger partial charge in [-0.05, 0) is 40.6 Å². The lowest BCUT2D eigenvalue weighted by Crippen LogP contribution is -2.11. The molecule has 3 heteroatoms. The Labute approximate surface area is 123 Å². The van der Waals surface area contributed by atoms with Gasteiger partial charge in [-0.2, -0.15) is 0 Å². The van der Waals surface area contributed by atoms with Crippen molar-refractivity contribution in [1.82, 2.24) is 0 Å². The maximum absolute atomic E-state index is 11.2. The van der Waals surface area contributed by atoms with E-state index in [4.69, 9.17) is 5.73 Å². The third-order valence-corrected chi connectivity index (χ3v) is 3.46. The number of nitrogens with one attached hydrogen (secondary N) is 1. The largest absolute Gasteiger partial charge is 0.381 e. The van der Waals surface area contributed by atoms with Crippen molar-refractivity contribution in [2.45, 2.75) is 6.54 Å². The fraction of sp³-hybridized carbons (Fsp3) is 0.0556. The van der Waals surface area contributed by atoms with E-state index >= 15 is 0 Å². The Morgan fingerprint density at radius 2 is 1.71 bits per heavy atom. The van der Waals surface area contributed by atoms with Crippen molar-refractivity contribution in [1.29, 1.82) is 0 Å². The number of carbonyl (C=O) groups is 1. The highest BCUT2D eigenvalue weighted by Gasteiger charge is 2.01. The lowest BCUT2D eigenvalue weighted by Gasteiger charge is -2.08. The Morgan fingerprint density at radius 1 is 0.905 bits per heavy atom. The summed E-state index contributed by atoms with van der Waals surface area (Å²) in [4.78, 5) is 11.2. The van der Waals surface area contributed by atoms with E-state index in [2.05, 4.69) is 35.6 Å². The molecule has 0 fully saturated rings. The lowest BCUT2D eigenvalue weighted by atomic mass is 10.1. The number of primary amides is 1. The Hall–Kier alpha value is -2.81. The monoisotopic (exact) mass is 276 g/mol. The zero-order valence-electron chi connectivity index (χ0n) is 11.5. The van der Waals surface area contributed by atoms with E-state index < -0.39 is 5.91 Å². The van der Waals surface area contributed by atoms with Gasteiger partial charge < -0.3 is 11.1 Å². The topological polar surface area (TPSA) is 55.1 Å². The Balaban J connectivity index is 1.77. The second-order valence-electron chi connectivity index (χ2n) is 4.98. The fourth-order valence-electron chi connectivity index (χ4n) is 2.34. The number of rotatable bonds is 4. The smallest absolute Gasteiger partial charge is 0.248 e. The van der Waals surface area contributed by atoms with Crippen LogP contribution in [0, 0.1) is 0 Å². The van der Waals surface area contributed by atoms with Crippen LogP contribution in [0.1, 0.15) is 15.9 Å². The molecule has 0 bridgehead atoms. The maximum Gasteiger partial charge on any atom is 0.248 e. The van der Waals surface area contributed by atoms with Crippen molar-refractivity contribution in [3.8, 4) is 0 Å². The normalized spacial score (nSPS) is 10.5. The number of amides is 1. The van der Waals surface area contributed by atoms with Crippen LogP contribution in [0.2, 0.25) is 0 Å². The van der Waals surface area contributed by atoms with Gasteiger partial charge in [0.2, 0.25) is 5.91 Å². The standard InChI is InChI=1S/C18H16N2O/c19-18(21)16-7-3-4-13(10-16)12-20-17-9-8-14-5-1-2-6-15(14)11-17/h1-11,20H,12H2,(H2,19,21). The molecule has 0 saturated heterocycles. The summed E-state index contributed by atoms with van der Waals surface area (Å²) in [6, 6.07) is 21.9. The number of hydrogen-bond acceptors (Lipinski definition) is 2. The van der Waals surface area contributed by atoms with Crippen LogP contribution in [0.25, 0.3) is 10.8 Å². The molecule has 0 radical (unpaired) electrons. The number of hydrogen-bond donors (Lipinski definition) is 2. The van der Waals surface area contributed by atoms with Gasteiger partial charge in [0, 0.05) is 17.8 Å². The first-order valence-electron chi connectivity index (χ1n) is 6.84. The minimum atomic E-state index is -0.400. The highest BCUT2D eigenvalue weighted by Crippen LogP contribution is 2.19. The highest BCUT2D eigenvalue weighted by molar-refractivity contribution is 5.92. The molecule has 0 aromatic heterocycles. The van der Waals surface area contributed by atoms with Crippen LogP contribution < -0.4 is 11.1 Å². The minimum absolute atomic E-state index is 0.400. The molecule has 0 spiro atoms. The van der Waals surface area contributed by atoms with Crippen molar-refractivity contribution in [2.24, 2.45) is 5.73 Å². The molecule has 0 saturated carbocycles. The Morgan fingerprint density at radius 3 is 2.52 bits per heavy atom. The summed E-state index contributed by atoms with van der Waals surface area (Å²) in [5.41, 5.74) is 7.91. The molecule has 3 aromatic carbocycles. The van der Waals surface area contributed by atoms with Crippen LogP contribution >= 0.6 is 0 Å². The molecule has 0 aliphatic carbocycles. The number of benzene rings is 3. The first-order valence-corrected chi connectivity index (χ1v) is 6.84. The summed E-state index contributed by atoms with van der Waals surface area (Å²) < 4.78 is 0. The van der Waals surface area contributed by atoms with Gasteiger partial charge in [0.05, 0.1) is 0 Å². The Kier molecular flexibility index (Phi) is 3.56. The van der Waals surface area contributed by atoms with Crippen molar-refractivity contribution in [2.75, 3.05) is 5.32 Å². The minimum Gasteiger partial charge on any atom is -0.381 e. The van der Waals surface area contributed by atoms with Crippen LogP contribution in [0.3, 0.4) is 0 Å². The molecule has 3 N–H and O–H groups in total. The van der Waals surface area contributed by atoms with Gasteiger partial charge in [0.25, 0.3) is 0 Å². The summed E-state index contributed by atoms with van der Waals surface area (Å²) in [5, 5.41) is 5.79. The van der Waals surface area contributed by atoms with Gasteiger partial charge in [0.15, 0.2) is 0 Å². The van der Waals surface area contributed by atoms with Crippen LogP contribution in [0.4, 0.5) is 5.69 Å². The van der Waals surface area contributed by atoms with E-state index in [0.29, 0.717) is 12.1 Å². The summed E-state index contributed by atoms with van der Waals surface area (Å²) >= 11 is 0. The molecule has 0 aliphatic rings. The molecule has 0 unspecified atom stereocenters. The first-order chi connectivity index (χ1) is 10.2. The second-order valence-corrected chi connectivity index (χ2v) is 4.98. The highest BCUT2D eigenvalue weighted by atomic mass is 16.1. The van der Waals surface area contributed by atoms with Gasteiger partial charge >= 0.3 is 0 Å². The molecule has 1 amide bonds. The van der Waals surface area contributed by atoms with Gasteiger partial charge in [-0.15, -0.1) is 0 Å². The van der Waals surface area contributed by atoms with E-state index in [-0.39, 0.29) is 0 Å². The third kappa shape index (κ3) is 3.03.